The molecule has 5 rings (SSSR count). The Kier molecular flexibility index (Phi) is 4.30. The molecule has 1 unspecified atom stereocenters. The molecule has 2 fully saturated rings. The second-order valence-electron chi connectivity index (χ2n) is 7.77. The van der Waals surface area contributed by atoms with Crippen molar-refractivity contribution in [2.24, 2.45) is 17.8 Å². The van der Waals surface area contributed by atoms with Gasteiger partial charge in [0.2, 0.25) is 0 Å². The molecule has 3 N–H and O–H groups in total. The van der Waals surface area contributed by atoms with Crippen LogP contribution >= 0.6 is 11.6 Å². The topological polar surface area (TPSA) is 67.1 Å². The first kappa shape index (κ1) is 18.2. The summed E-state index contributed by atoms with van der Waals surface area (Å²) in [5.41, 5.74) is 8.50. The molecule has 2 aliphatic rings. The number of anilines is 3. The quantitative estimate of drug-likeness (QED) is 0.498. The number of hydrogen-bond donors (Lipinski definition) is 2. The highest BCUT2D eigenvalue weighted by atomic mass is 35.5. The van der Waals surface area contributed by atoms with Crippen LogP contribution in [0.1, 0.15) is 5.56 Å². The number of halogens is 2. The van der Waals surface area contributed by atoms with E-state index in [0.717, 1.165) is 18.7 Å². The van der Waals surface area contributed by atoms with E-state index < -0.39 is 5.82 Å². The summed E-state index contributed by atoms with van der Waals surface area (Å²) < 4.78 is 14.1. The van der Waals surface area contributed by atoms with E-state index in [-0.39, 0.29) is 5.69 Å². The lowest BCUT2D eigenvalue weighted by molar-refractivity contribution is 0.360. The predicted molar refractivity (Wildman–Crippen MR) is 113 cm³/mol. The van der Waals surface area contributed by atoms with E-state index in [1.54, 1.807) is 6.07 Å². The monoisotopic (exact) mass is 407 g/mol. The molecule has 2 heterocycles. The van der Waals surface area contributed by atoms with E-state index in [1.165, 1.54) is 24.5 Å². The normalized spacial score (nSPS) is 22.8. The van der Waals surface area contributed by atoms with Crippen LogP contribution in [-0.2, 0) is 0 Å². The standard InChI is InChI=1S/C22H19ClFN5/c1-29-9-16-14(17(16)10-29)4-2-12-6-20-15(8-19(12)25)22(27-11-26-20)28-21-7-13(23)3-5-18(21)24/h3,5-8,11,14,16-17H,9-10,25H2,1H3,(H,26,27,28)/t14-,16-,17?/m0/s1. The summed E-state index contributed by atoms with van der Waals surface area (Å²) in [6.07, 6.45) is 1.43. The lowest BCUT2D eigenvalue weighted by Crippen LogP contribution is -2.18. The molecule has 3 aromatic rings. The van der Waals surface area contributed by atoms with Gasteiger partial charge in [0.15, 0.2) is 0 Å². The second kappa shape index (κ2) is 6.87. The van der Waals surface area contributed by atoms with Gasteiger partial charge in [-0.15, -0.1) is 0 Å². The van der Waals surface area contributed by atoms with Crippen LogP contribution in [0.25, 0.3) is 10.9 Å². The van der Waals surface area contributed by atoms with Gasteiger partial charge in [-0.1, -0.05) is 23.4 Å². The van der Waals surface area contributed by atoms with Crippen molar-refractivity contribution in [2.75, 3.05) is 31.2 Å². The van der Waals surface area contributed by atoms with Crippen molar-refractivity contribution >= 4 is 39.7 Å². The van der Waals surface area contributed by atoms with E-state index in [9.17, 15) is 4.39 Å². The van der Waals surface area contributed by atoms with Crippen LogP contribution in [0, 0.1) is 35.4 Å². The molecule has 1 aliphatic heterocycles. The predicted octanol–water partition coefficient (Wildman–Crippen LogP) is 3.91. The first-order valence-corrected chi connectivity index (χ1v) is 9.84. The van der Waals surface area contributed by atoms with Crippen molar-refractivity contribution in [3.63, 3.8) is 0 Å². The first-order valence-electron chi connectivity index (χ1n) is 9.46. The van der Waals surface area contributed by atoms with Crippen LogP contribution in [0.2, 0.25) is 5.02 Å². The minimum Gasteiger partial charge on any atom is -0.398 e. The summed E-state index contributed by atoms with van der Waals surface area (Å²) in [4.78, 5) is 10.9. The Labute approximate surface area is 173 Å². The molecule has 1 aromatic heterocycles. The Morgan fingerprint density at radius 3 is 2.79 bits per heavy atom. The summed E-state index contributed by atoms with van der Waals surface area (Å²) in [5, 5.41) is 4.11. The number of fused-ring (bicyclic) bond motifs is 2. The van der Waals surface area contributed by atoms with Crippen molar-refractivity contribution in [1.29, 1.82) is 0 Å². The maximum atomic E-state index is 14.1. The number of aromatic nitrogens is 2. The van der Waals surface area contributed by atoms with Gasteiger partial charge in [-0.25, -0.2) is 14.4 Å². The molecule has 0 amide bonds. The molecular formula is C22H19ClFN5. The number of likely N-dealkylation sites (tertiary alicyclic amines) is 1. The van der Waals surface area contributed by atoms with Crippen molar-refractivity contribution in [3.05, 3.63) is 53.1 Å². The summed E-state index contributed by atoms with van der Waals surface area (Å²) in [5.74, 6) is 8.53. The zero-order chi connectivity index (χ0) is 20.1. The van der Waals surface area contributed by atoms with E-state index in [2.05, 4.69) is 39.1 Å². The van der Waals surface area contributed by atoms with E-state index in [0.29, 0.717) is 45.2 Å². The van der Waals surface area contributed by atoms with Crippen LogP contribution in [0.15, 0.2) is 36.7 Å². The summed E-state index contributed by atoms with van der Waals surface area (Å²) in [6, 6.07) is 7.96. The molecule has 7 heteroatoms. The fourth-order valence-electron chi connectivity index (χ4n) is 4.16. The fourth-order valence-corrected chi connectivity index (χ4v) is 4.33. The minimum absolute atomic E-state index is 0.241. The molecule has 0 radical (unpaired) electrons. The lowest BCUT2D eigenvalue weighted by Gasteiger charge is -2.11. The molecule has 5 nitrogen and oxygen atoms in total. The molecule has 1 saturated carbocycles. The third kappa shape index (κ3) is 3.37. The molecule has 0 spiro atoms. The fraction of sp³-hybridized carbons (Fsp3) is 0.273. The van der Waals surface area contributed by atoms with Crippen LogP contribution in [0.4, 0.5) is 21.6 Å². The molecule has 3 atom stereocenters. The van der Waals surface area contributed by atoms with Crippen LogP contribution in [0.3, 0.4) is 0 Å². The van der Waals surface area contributed by atoms with Gasteiger partial charge in [-0.3, -0.25) is 0 Å². The van der Waals surface area contributed by atoms with E-state index in [4.69, 9.17) is 17.3 Å². The number of benzene rings is 2. The number of nitrogens with zero attached hydrogens (tertiary/aromatic N) is 3. The third-order valence-corrected chi connectivity index (χ3v) is 5.97. The highest BCUT2D eigenvalue weighted by Gasteiger charge is 2.53. The molecule has 2 aromatic carbocycles. The lowest BCUT2D eigenvalue weighted by atomic mass is 10.1. The summed E-state index contributed by atoms with van der Waals surface area (Å²) in [7, 11) is 2.15. The Morgan fingerprint density at radius 2 is 2.00 bits per heavy atom. The van der Waals surface area contributed by atoms with Crippen molar-refractivity contribution < 1.29 is 4.39 Å². The highest BCUT2D eigenvalue weighted by Crippen LogP contribution is 2.50. The van der Waals surface area contributed by atoms with Crippen LogP contribution in [-0.4, -0.2) is 35.0 Å². The average molecular weight is 408 g/mol. The number of rotatable bonds is 2. The van der Waals surface area contributed by atoms with Gasteiger partial charge in [0.1, 0.15) is 18.0 Å². The summed E-state index contributed by atoms with van der Waals surface area (Å²) >= 11 is 5.98. The van der Waals surface area contributed by atoms with Gasteiger partial charge in [0, 0.05) is 40.7 Å². The Hall–Kier alpha value is -2.88. The number of nitrogens with one attached hydrogen (secondary N) is 1. The van der Waals surface area contributed by atoms with Gasteiger partial charge in [-0.05, 0) is 49.2 Å². The van der Waals surface area contributed by atoms with Gasteiger partial charge in [-0.2, -0.15) is 0 Å². The number of piperidine rings is 1. The van der Waals surface area contributed by atoms with Crippen LogP contribution in [0.5, 0.6) is 0 Å². The first-order chi connectivity index (χ1) is 14.0. The molecular weight excluding hydrogens is 389 g/mol. The SMILES string of the molecule is CN1CC2[C@@H](C#Cc3cc4ncnc(Nc5cc(Cl)ccc5F)c4cc3N)[C@@H]2C1. The number of nitrogens with two attached hydrogens (primary N) is 1. The zero-order valence-electron chi connectivity index (χ0n) is 15.8. The number of hydrogen-bond acceptors (Lipinski definition) is 5. The van der Waals surface area contributed by atoms with Crippen LogP contribution < -0.4 is 11.1 Å². The zero-order valence-corrected chi connectivity index (χ0v) is 16.5. The molecule has 146 valence electrons. The van der Waals surface area contributed by atoms with Crippen molar-refractivity contribution in [3.8, 4) is 11.8 Å². The third-order valence-electron chi connectivity index (χ3n) is 5.74. The Balaban J connectivity index is 1.45. The second-order valence-corrected chi connectivity index (χ2v) is 8.21. The maximum Gasteiger partial charge on any atom is 0.146 e. The van der Waals surface area contributed by atoms with Crippen molar-refractivity contribution in [2.45, 2.75) is 0 Å². The van der Waals surface area contributed by atoms with Gasteiger partial charge in [0.25, 0.3) is 0 Å². The molecule has 29 heavy (non-hydrogen) atoms. The van der Waals surface area contributed by atoms with E-state index in [1.807, 2.05) is 6.07 Å². The Bertz CT molecular complexity index is 1170. The average Bonchev–Trinajstić information content (AvgIpc) is 3.15. The van der Waals surface area contributed by atoms with Gasteiger partial charge >= 0.3 is 0 Å². The summed E-state index contributed by atoms with van der Waals surface area (Å²) in [6.45, 7) is 2.25. The van der Waals surface area contributed by atoms with E-state index >= 15 is 0 Å². The van der Waals surface area contributed by atoms with Gasteiger partial charge in [0.05, 0.1) is 11.2 Å². The molecule has 1 aliphatic carbocycles. The largest absolute Gasteiger partial charge is 0.398 e. The Morgan fingerprint density at radius 1 is 1.21 bits per heavy atom. The maximum absolute atomic E-state index is 14.1. The smallest absolute Gasteiger partial charge is 0.146 e. The number of nitrogen functional groups attached to an aromatic ring is 1. The molecule has 0 bridgehead atoms. The van der Waals surface area contributed by atoms with Gasteiger partial charge < -0.3 is 16.0 Å². The molecule has 1 saturated heterocycles. The van der Waals surface area contributed by atoms with Crippen molar-refractivity contribution in [1.82, 2.24) is 14.9 Å². The highest BCUT2D eigenvalue weighted by molar-refractivity contribution is 6.30. The minimum atomic E-state index is -0.419.